The Morgan fingerprint density at radius 2 is 2.24 bits per heavy atom. The summed E-state index contributed by atoms with van der Waals surface area (Å²) in [6.07, 6.45) is 1.53. The molecule has 9 heteroatoms. The van der Waals surface area contributed by atoms with Crippen LogP contribution in [0.3, 0.4) is 0 Å². The second-order valence-electron chi connectivity index (χ2n) is 4.26. The highest BCUT2D eigenvalue weighted by Crippen LogP contribution is 2.25. The summed E-state index contributed by atoms with van der Waals surface area (Å²) in [6.45, 7) is 0.221. The Hall–Kier alpha value is -2.97. The first-order valence-electron chi connectivity index (χ1n) is 6.10. The van der Waals surface area contributed by atoms with Crippen LogP contribution >= 0.6 is 0 Å². The first kappa shape index (κ1) is 14.4. The summed E-state index contributed by atoms with van der Waals surface area (Å²) < 4.78 is 1.53. The molecule has 1 aromatic heterocycles. The van der Waals surface area contributed by atoms with E-state index in [4.69, 9.17) is 0 Å². The summed E-state index contributed by atoms with van der Waals surface area (Å²) in [4.78, 5) is 26.1. The predicted molar refractivity (Wildman–Crippen MR) is 74.8 cm³/mol. The summed E-state index contributed by atoms with van der Waals surface area (Å²) >= 11 is 0. The molecule has 1 aromatic carbocycles. The molecule has 0 spiro atoms. The molecule has 0 atom stereocenters. The number of benzene rings is 1. The number of aryl methyl sites for hydroxylation is 1. The van der Waals surface area contributed by atoms with E-state index in [-0.39, 0.29) is 23.8 Å². The van der Waals surface area contributed by atoms with Crippen molar-refractivity contribution in [3.8, 4) is 0 Å². The van der Waals surface area contributed by atoms with Crippen molar-refractivity contribution >= 4 is 17.3 Å². The maximum atomic E-state index is 11.6. The smallest absolute Gasteiger partial charge is 0.292 e. The lowest BCUT2D eigenvalue weighted by Crippen LogP contribution is -2.18. The van der Waals surface area contributed by atoms with Gasteiger partial charge in [0.25, 0.3) is 11.6 Å². The van der Waals surface area contributed by atoms with E-state index < -0.39 is 4.92 Å². The molecule has 2 aromatic rings. The van der Waals surface area contributed by atoms with Gasteiger partial charge in [0, 0.05) is 25.7 Å². The molecule has 0 radical (unpaired) electrons. The number of nitrogens with zero attached hydrogens (tertiary/aromatic N) is 4. The Kier molecular flexibility index (Phi) is 4.12. The second kappa shape index (κ2) is 5.99. The Labute approximate surface area is 120 Å². The zero-order valence-electron chi connectivity index (χ0n) is 11.5. The molecule has 1 heterocycles. The van der Waals surface area contributed by atoms with Gasteiger partial charge < -0.3 is 10.6 Å². The van der Waals surface area contributed by atoms with Gasteiger partial charge in [0.2, 0.25) is 0 Å². The number of amides is 1. The van der Waals surface area contributed by atoms with Gasteiger partial charge in [-0.25, -0.2) is 4.98 Å². The average molecular weight is 290 g/mol. The fraction of sp³-hybridized carbons (Fsp3) is 0.250. The van der Waals surface area contributed by atoms with Crippen molar-refractivity contribution in [2.45, 2.75) is 6.54 Å². The highest BCUT2D eigenvalue weighted by molar-refractivity contribution is 5.95. The van der Waals surface area contributed by atoms with Crippen LogP contribution < -0.4 is 10.6 Å². The van der Waals surface area contributed by atoms with Crippen LogP contribution in [0.25, 0.3) is 0 Å². The highest BCUT2D eigenvalue weighted by Gasteiger charge is 2.16. The lowest BCUT2D eigenvalue weighted by Gasteiger charge is -2.07. The summed E-state index contributed by atoms with van der Waals surface area (Å²) in [7, 11) is 3.22. The van der Waals surface area contributed by atoms with E-state index in [1.807, 2.05) is 0 Å². The van der Waals surface area contributed by atoms with E-state index in [1.165, 1.54) is 36.3 Å². The Balaban J connectivity index is 2.25. The van der Waals surface area contributed by atoms with E-state index in [9.17, 15) is 14.9 Å². The minimum atomic E-state index is -0.512. The number of nitrogens with one attached hydrogen (secondary N) is 2. The van der Waals surface area contributed by atoms with E-state index >= 15 is 0 Å². The number of hydrogen-bond acceptors (Lipinski definition) is 6. The average Bonchev–Trinajstić information content (AvgIpc) is 2.89. The minimum Gasteiger partial charge on any atom is -0.372 e. The van der Waals surface area contributed by atoms with E-state index in [1.54, 1.807) is 7.05 Å². The van der Waals surface area contributed by atoms with Crippen molar-refractivity contribution in [2.24, 2.45) is 7.05 Å². The van der Waals surface area contributed by atoms with Crippen LogP contribution in [0.5, 0.6) is 0 Å². The Morgan fingerprint density at radius 1 is 1.48 bits per heavy atom. The Morgan fingerprint density at radius 3 is 2.81 bits per heavy atom. The van der Waals surface area contributed by atoms with Gasteiger partial charge in [-0.3, -0.25) is 19.6 Å². The second-order valence-corrected chi connectivity index (χ2v) is 4.26. The maximum Gasteiger partial charge on any atom is 0.292 e. The van der Waals surface area contributed by atoms with Crippen molar-refractivity contribution in [1.29, 1.82) is 0 Å². The number of rotatable bonds is 5. The van der Waals surface area contributed by atoms with Crippen LogP contribution in [0, 0.1) is 10.1 Å². The van der Waals surface area contributed by atoms with Crippen molar-refractivity contribution in [3.05, 3.63) is 46.0 Å². The molecular weight excluding hydrogens is 276 g/mol. The number of nitro benzene ring substituents is 1. The van der Waals surface area contributed by atoms with E-state index in [0.29, 0.717) is 11.4 Å². The molecule has 0 saturated heterocycles. The van der Waals surface area contributed by atoms with Gasteiger partial charge in [-0.05, 0) is 12.1 Å². The molecule has 9 nitrogen and oxygen atoms in total. The molecule has 2 rings (SSSR count). The lowest BCUT2D eigenvalue weighted by atomic mass is 10.1. The largest absolute Gasteiger partial charge is 0.372 e. The van der Waals surface area contributed by atoms with E-state index in [2.05, 4.69) is 20.7 Å². The first-order chi connectivity index (χ1) is 10.0. The zero-order valence-corrected chi connectivity index (χ0v) is 11.5. The molecule has 0 unspecified atom stereocenters. The maximum absolute atomic E-state index is 11.6. The highest BCUT2D eigenvalue weighted by atomic mass is 16.6. The zero-order chi connectivity index (χ0) is 15.4. The number of hydrogen-bond donors (Lipinski definition) is 2. The third-order valence-corrected chi connectivity index (χ3v) is 2.77. The molecule has 0 aliphatic rings. The molecule has 1 amide bonds. The van der Waals surface area contributed by atoms with Crippen molar-refractivity contribution in [2.75, 3.05) is 12.4 Å². The summed E-state index contributed by atoms with van der Waals surface area (Å²) in [5.74, 6) is 0.182. The third-order valence-electron chi connectivity index (χ3n) is 2.77. The van der Waals surface area contributed by atoms with Crippen molar-refractivity contribution < 1.29 is 9.72 Å². The van der Waals surface area contributed by atoms with Crippen molar-refractivity contribution in [1.82, 2.24) is 20.1 Å². The minimum absolute atomic E-state index is 0.112. The van der Waals surface area contributed by atoms with Crippen molar-refractivity contribution in [3.63, 3.8) is 0 Å². The molecule has 0 bridgehead atoms. The normalized spacial score (nSPS) is 10.2. The molecule has 0 aliphatic carbocycles. The van der Waals surface area contributed by atoms with Crippen LogP contribution in [-0.2, 0) is 13.6 Å². The number of carbonyl (C=O) groups excluding carboxylic acids is 1. The van der Waals surface area contributed by atoms with Crippen LogP contribution in [0.15, 0.2) is 24.5 Å². The van der Waals surface area contributed by atoms with Gasteiger partial charge in [0.05, 0.1) is 11.5 Å². The SMILES string of the molecule is CNC(=O)c1ccc([N+](=O)[O-])c(NCc2ncn(C)n2)c1. The van der Waals surface area contributed by atoms with Gasteiger partial charge >= 0.3 is 0 Å². The molecule has 21 heavy (non-hydrogen) atoms. The fourth-order valence-corrected chi connectivity index (χ4v) is 1.76. The monoisotopic (exact) mass is 290 g/mol. The summed E-state index contributed by atoms with van der Waals surface area (Å²) in [6, 6.07) is 4.12. The molecule has 0 saturated carbocycles. The summed E-state index contributed by atoms with van der Waals surface area (Å²) in [5, 5.41) is 20.4. The van der Waals surface area contributed by atoms with Gasteiger partial charge in [0.15, 0.2) is 5.82 Å². The van der Waals surface area contributed by atoms with Gasteiger partial charge in [0.1, 0.15) is 12.0 Å². The van der Waals surface area contributed by atoms with Crippen LogP contribution in [0.2, 0.25) is 0 Å². The quantitative estimate of drug-likeness (QED) is 0.618. The topological polar surface area (TPSA) is 115 Å². The molecule has 110 valence electrons. The number of nitro groups is 1. The van der Waals surface area contributed by atoms with Crippen LogP contribution in [-0.4, -0.2) is 32.6 Å². The van der Waals surface area contributed by atoms with E-state index in [0.717, 1.165) is 0 Å². The Bertz CT molecular complexity index is 681. The fourth-order valence-electron chi connectivity index (χ4n) is 1.76. The standard InChI is InChI=1S/C12H14N6O3/c1-13-12(19)8-3-4-10(18(20)21)9(5-8)14-6-11-15-7-17(2)16-11/h3-5,7,14H,6H2,1-2H3,(H,13,19). The lowest BCUT2D eigenvalue weighted by molar-refractivity contribution is -0.384. The van der Waals surface area contributed by atoms with Crippen LogP contribution in [0.1, 0.15) is 16.2 Å². The number of aromatic nitrogens is 3. The van der Waals surface area contributed by atoms with Crippen LogP contribution in [0.4, 0.5) is 11.4 Å². The van der Waals surface area contributed by atoms with Gasteiger partial charge in [-0.15, -0.1) is 0 Å². The molecule has 2 N–H and O–H groups in total. The summed E-state index contributed by atoms with van der Waals surface area (Å²) in [5.41, 5.74) is 0.465. The predicted octanol–water partition coefficient (Wildman–Crippen LogP) is 0.695. The van der Waals surface area contributed by atoms with Gasteiger partial charge in [-0.2, -0.15) is 5.10 Å². The third kappa shape index (κ3) is 3.32. The molecule has 0 fully saturated rings. The molecule has 0 aliphatic heterocycles. The number of anilines is 1. The number of carbonyl (C=O) groups is 1. The first-order valence-corrected chi connectivity index (χ1v) is 6.10. The van der Waals surface area contributed by atoms with Gasteiger partial charge in [-0.1, -0.05) is 0 Å². The molecular formula is C12H14N6O3.